The molecule has 4 rings (SSSR count). The van der Waals surface area contributed by atoms with Crippen LogP contribution in [-0.4, -0.2) is 11.8 Å². The number of nitrogens with zero attached hydrogens (tertiary/aromatic N) is 1. The third-order valence-electron chi connectivity index (χ3n) is 5.00. The number of para-hydroxylation sites is 1. The molecular weight excluding hydrogens is 376 g/mol. The molecule has 5 nitrogen and oxygen atoms in total. The molecule has 28 heavy (non-hydrogen) atoms. The minimum absolute atomic E-state index is 0. The Morgan fingerprint density at radius 2 is 1.89 bits per heavy atom. The van der Waals surface area contributed by atoms with E-state index in [-0.39, 0.29) is 12.4 Å². The fourth-order valence-corrected chi connectivity index (χ4v) is 3.36. The molecule has 1 aliphatic rings. The van der Waals surface area contributed by atoms with Gasteiger partial charge in [0.15, 0.2) is 0 Å². The van der Waals surface area contributed by atoms with Crippen LogP contribution >= 0.6 is 12.4 Å². The Labute approximate surface area is 171 Å². The molecule has 0 fully saturated rings. The van der Waals surface area contributed by atoms with E-state index in [4.69, 9.17) is 14.0 Å². The highest BCUT2D eigenvalue weighted by Crippen LogP contribution is 2.31. The van der Waals surface area contributed by atoms with Crippen LogP contribution in [-0.2, 0) is 13.2 Å². The van der Waals surface area contributed by atoms with Gasteiger partial charge in [0.2, 0.25) is 0 Å². The number of hydrogen-bond acceptors (Lipinski definition) is 5. The van der Waals surface area contributed by atoms with Crippen molar-refractivity contribution in [3.8, 4) is 11.5 Å². The number of rotatable bonds is 6. The van der Waals surface area contributed by atoms with E-state index in [1.165, 1.54) is 11.1 Å². The highest BCUT2D eigenvalue weighted by molar-refractivity contribution is 5.85. The van der Waals surface area contributed by atoms with E-state index in [0.29, 0.717) is 12.6 Å². The van der Waals surface area contributed by atoms with Gasteiger partial charge in [-0.2, -0.15) is 0 Å². The lowest BCUT2D eigenvalue weighted by molar-refractivity contribution is 0.252. The van der Waals surface area contributed by atoms with Crippen molar-refractivity contribution in [2.45, 2.75) is 39.5 Å². The number of halogens is 1. The molecule has 0 radical (unpaired) electrons. The number of hydrogen-bond donors (Lipinski definition) is 1. The Hall–Kier alpha value is -2.50. The van der Waals surface area contributed by atoms with Crippen LogP contribution < -0.4 is 14.8 Å². The smallest absolute Gasteiger partial charge is 0.140 e. The summed E-state index contributed by atoms with van der Waals surface area (Å²) >= 11 is 0. The molecule has 6 heteroatoms. The van der Waals surface area contributed by atoms with Crippen LogP contribution in [0.2, 0.25) is 0 Å². The second kappa shape index (κ2) is 9.13. The number of benzene rings is 2. The van der Waals surface area contributed by atoms with Crippen LogP contribution in [0.3, 0.4) is 0 Å². The van der Waals surface area contributed by atoms with Crippen LogP contribution in [0.4, 0.5) is 0 Å². The topological polar surface area (TPSA) is 56.5 Å². The summed E-state index contributed by atoms with van der Waals surface area (Å²) in [4.78, 5) is 0. The van der Waals surface area contributed by atoms with Gasteiger partial charge in [0.25, 0.3) is 0 Å². The maximum atomic E-state index is 5.87. The highest BCUT2D eigenvalue weighted by atomic mass is 35.5. The van der Waals surface area contributed by atoms with Gasteiger partial charge in [0.05, 0.1) is 17.9 Å². The molecule has 148 valence electrons. The quantitative estimate of drug-likeness (QED) is 0.637. The molecule has 1 N–H and O–H groups in total. The zero-order valence-electron chi connectivity index (χ0n) is 16.1. The van der Waals surface area contributed by atoms with Crippen LogP contribution in [0.5, 0.6) is 11.5 Å². The Kier molecular flexibility index (Phi) is 6.60. The first-order valence-electron chi connectivity index (χ1n) is 9.29. The van der Waals surface area contributed by atoms with Crippen molar-refractivity contribution in [2.24, 2.45) is 0 Å². The summed E-state index contributed by atoms with van der Waals surface area (Å²) in [6, 6.07) is 16.8. The largest absolute Gasteiger partial charge is 0.493 e. The summed E-state index contributed by atoms with van der Waals surface area (Å²) in [5, 5.41) is 7.60. The lowest BCUT2D eigenvalue weighted by Gasteiger charge is -2.26. The molecule has 2 aromatic carbocycles. The first-order valence-corrected chi connectivity index (χ1v) is 9.29. The second-order valence-corrected chi connectivity index (χ2v) is 6.84. The molecule has 0 spiro atoms. The SMILES string of the molecule is Cc1noc(C)c1COc1ccc(CNC2CCOc3ccccc32)cc1.Cl. The Morgan fingerprint density at radius 3 is 2.64 bits per heavy atom. The third-order valence-corrected chi connectivity index (χ3v) is 5.00. The lowest BCUT2D eigenvalue weighted by atomic mass is 10.0. The predicted molar refractivity (Wildman–Crippen MR) is 110 cm³/mol. The van der Waals surface area contributed by atoms with Crippen molar-refractivity contribution in [2.75, 3.05) is 6.61 Å². The van der Waals surface area contributed by atoms with Crippen molar-refractivity contribution in [3.63, 3.8) is 0 Å². The minimum Gasteiger partial charge on any atom is -0.493 e. The molecular formula is C22H25ClN2O3. The molecule has 1 aromatic heterocycles. The molecule has 0 bridgehead atoms. The van der Waals surface area contributed by atoms with Crippen molar-refractivity contribution in [3.05, 3.63) is 76.7 Å². The second-order valence-electron chi connectivity index (χ2n) is 6.84. The van der Waals surface area contributed by atoms with E-state index in [9.17, 15) is 0 Å². The van der Waals surface area contributed by atoms with Crippen LogP contribution in [0.25, 0.3) is 0 Å². The summed E-state index contributed by atoms with van der Waals surface area (Å²) in [5.74, 6) is 2.64. The van der Waals surface area contributed by atoms with Gasteiger partial charge in [0, 0.05) is 24.6 Å². The van der Waals surface area contributed by atoms with Crippen LogP contribution in [0, 0.1) is 13.8 Å². The Morgan fingerprint density at radius 1 is 1.11 bits per heavy atom. The Balaban J connectivity index is 0.00000225. The molecule has 0 saturated carbocycles. The fraction of sp³-hybridized carbons (Fsp3) is 0.318. The normalized spacial score (nSPS) is 15.3. The van der Waals surface area contributed by atoms with Crippen molar-refractivity contribution >= 4 is 12.4 Å². The molecule has 0 aliphatic carbocycles. The number of nitrogens with one attached hydrogen (secondary N) is 1. The summed E-state index contributed by atoms with van der Waals surface area (Å²) in [7, 11) is 0. The van der Waals surface area contributed by atoms with E-state index in [1.807, 2.05) is 38.1 Å². The lowest BCUT2D eigenvalue weighted by Crippen LogP contribution is -2.26. The van der Waals surface area contributed by atoms with Crippen LogP contribution in [0.1, 0.15) is 40.6 Å². The zero-order valence-corrected chi connectivity index (χ0v) is 16.9. The molecule has 1 aliphatic heterocycles. The van der Waals surface area contributed by atoms with Crippen LogP contribution in [0.15, 0.2) is 53.1 Å². The average molecular weight is 401 g/mol. The van der Waals surface area contributed by atoms with E-state index in [1.54, 1.807) is 0 Å². The number of aromatic nitrogens is 1. The minimum atomic E-state index is 0. The van der Waals surface area contributed by atoms with Gasteiger partial charge < -0.3 is 19.3 Å². The van der Waals surface area contributed by atoms with Gasteiger partial charge >= 0.3 is 0 Å². The molecule has 0 amide bonds. The summed E-state index contributed by atoms with van der Waals surface area (Å²) < 4.78 is 16.8. The van der Waals surface area contributed by atoms with Crippen molar-refractivity contribution in [1.29, 1.82) is 0 Å². The van der Waals surface area contributed by atoms with Gasteiger partial charge in [-0.05, 0) is 37.6 Å². The molecule has 0 saturated heterocycles. The predicted octanol–water partition coefficient (Wildman–Crippen LogP) is 4.91. The number of ether oxygens (including phenoxy) is 2. The number of aryl methyl sites for hydroxylation is 2. The van der Waals surface area contributed by atoms with Crippen molar-refractivity contribution < 1.29 is 14.0 Å². The molecule has 1 unspecified atom stereocenters. The van der Waals surface area contributed by atoms with Gasteiger partial charge in [-0.15, -0.1) is 12.4 Å². The number of fused-ring (bicyclic) bond motifs is 1. The van der Waals surface area contributed by atoms with Crippen molar-refractivity contribution in [1.82, 2.24) is 10.5 Å². The molecule has 2 heterocycles. The highest BCUT2D eigenvalue weighted by Gasteiger charge is 2.20. The van der Waals surface area contributed by atoms with Gasteiger partial charge in [-0.1, -0.05) is 35.5 Å². The molecule has 3 aromatic rings. The molecule has 1 atom stereocenters. The summed E-state index contributed by atoms with van der Waals surface area (Å²) in [6.45, 7) is 5.87. The average Bonchev–Trinajstić information content (AvgIpc) is 3.03. The van der Waals surface area contributed by atoms with Gasteiger partial charge in [-0.25, -0.2) is 0 Å². The monoisotopic (exact) mass is 400 g/mol. The van der Waals surface area contributed by atoms with Gasteiger partial charge in [-0.3, -0.25) is 0 Å². The standard InChI is InChI=1S/C22H24N2O3.ClH/c1-15-20(16(2)27-24-15)14-26-18-9-7-17(8-10-18)13-23-21-11-12-25-22-6-4-3-5-19(21)22;/h3-10,21,23H,11-14H2,1-2H3;1H. The van der Waals surface area contributed by atoms with E-state index >= 15 is 0 Å². The summed E-state index contributed by atoms with van der Waals surface area (Å²) in [5.41, 5.74) is 4.36. The first kappa shape index (κ1) is 20.2. The third kappa shape index (κ3) is 4.49. The maximum absolute atomic E-state index is 5.87. The zero-order chi connectivity index (χ0) is 18.6. The van der Waals surface area contributed by atoms with Gasteiger partial charge in [0.1, 0.15) is 23.9 Å². The Bertz CT molecular complexity index is 889. The maximum Gasteiger partial charge on any atom is 0.140 e. The van der Waals surface area contributed by atoms with E-state index in [0.717, 1.165) is 48.1 Å². The van der Waals surface area contributed by atoms with E-state index in [2.05, 4.69) is 34.7 Å². The fourth-order valence-electron chi connectivity index (χ4n) is 3.36. The first-order chi connectivity index (χ1) is 13.2. The van der Waals surface area contributed by atoms with E-state index < -0.39 is 0 Å². The summed E-state index contributed by atoms with van der Waals surface area (Å²) in [6.07, 6.45) is 0.982.